The molecule has 0 aromatic carbocycles. The number of nitrogens with one attached hydrogen (secondary N) is 2. The van der Waals surface area contributed by atoms with Gasteiger partial charge in [0.05, 0.1) is 0 Å². The van der Waals surface area contributed by atoms with Crippen LogP contribution >= 0.6 is 0 Å². The third-order valence-electron chi connectivity index (χ3n) is 2.44. The highest BCUT2D eigenvalue weighted by molar-refractivity contribution is 5.28. The molecule has 1 aromatic heterocycles. The number of rotatable bonds is 2. The number of aryl methyl sites for hydroxylation is 1. The van der Waals surface area contributed by atoms with Crippen molar-refractivity contribution in [2.45, 2.75) is 19.4 Å². The van der Waals surface area contributed by atoms with E-state index in [9.17, 15) is 0 Å². The summed E-state index contributed by atoms with van der Waals surface area (Å²) in [6, 6.07) is 0.551. The molecule has 0 amide bonds. The fourth-order valence-electron chi connectivity index (χ4n) is 1.73. The fourth-order valence-corrected chi connectivity index (χ4v) is 1.73. The summed E-state index contributed by atoms with van der Waals surface area (Å²) in [7, 11) is 2.15. The normalized spacial score (nSPS) is 23.7. The molecule has 0 bridgehead atoms. The van der Waals surface area contributed by atoms with E-state index in [4.69, 9.17) is 0 Å². The molecule has 4 nitrogen and oxygen atoms in total. The van der Waals surface area contributed by atoms with Crippen molar-refractivity contribution in [3.05, 3.63) is 11.9 Å². The van der Waals surface area contributed by atoms with Gasteiger partial charge in [-0.1, -0.05) is 0 Å². The Morgan fingerprint density at radius 3 is 3.08 bits per heavy atom. The first kappa shape index (κ1) is 8.56. The molecule has 1 atom stereocenters. The van der Waals surface area contributed by atoms with Crippen LogP contribution in [0.2, 0.25) is 0 Å². The van der Waals surface area contributed by atoms with E-state index in [2.05, 4.69) is 27.2 Å². The quantitative estimate of drug-likeness (QED) is 0.708. The number of hydrogen-bond donors (Lipinski definition) is 2. The maximum absolute atomic E-state index is 4.22. The predicted octanol–water partition coefficient (Wildman–Crippen LogP) is 0.834. The summed E-state index contributed by atoms with van der Waals surface area (Å²) in [6.45, 7) is 4.30. The molecule has 0 saturated carbocycles. The van der Waals surface area contributed by atoms with E-state index in [0.717, 1.165) is 18.2 Å². The monoisotopic (exact) mass is 180 g/mol. The summed E-state index contributed by atoms with van der Waals surface area (Å²) in [5, 5.41) is 3.38. The van der Waals surface area contributed by atoms with Crippen LogP contribution in [0.5, 0.6) is 0 Å². The van der Waals surface area contributed by atoms with Gasteiger partial charge in [0, 0.05) is 24.5 Å². The van der Waals surface area contributed by atoms with E-state index in [1.807, 2.05) is 13.1 Å². The number of likely N-dealkylation sites (N-methyl/N-ethyl adjacent to an activating group) is 1. The molecule has 1 aromatic rings. The highest BCUT2D eigenvalue weighted by Gasteiger charge is 2.19. The second-order valence-corrected chi connectivity index (χ2v) is 3.81. The number of anilines is 1. The number of H-pyrrole nitrogens is 1. The Bertz CT molecular complexity index is 281. The first-order chi connectivity index (χ1) is 6.24. The third kappa shape index (κ3) is 2.01. The molecule has 2 rings (SSSR count). The molecule has 1 aliphatic rings. The molecule has 1 aliphatic heterocycles. The summed E-state index contributed by atoms with van der Waals surface area (Å²) in [4.78, 5) is 9.72. The van der Waals surface area contributed by atoms with Crippen LogP contribution < -0.4 is 5.32 Å². The minimum absolute atomic E-state index is 0.551. The minimum Gasteiger partial charge on any atom is -0.352 e. The molecule has 72 valence electrons. The average molecular weight is 180 g/mol. The Labute approximate surface area is 78.4 Å². The lowest BCUT2D eigenvalue weighted by Crippen LogP contribution is -2.23. The zero-order valence-electron chi connectivity index (χ0n) is 8.17. The van der Waals surface area contributed by atoms with Crippen molar-refractivity contribution in [2.24, 2.45) is 0 Å². The molecule has 2 heterocycles. The largest absolute Gasteiger partial charge is 0.352 e. The molecule has 1 fully saturated rings. The van der Waals surface area contributed by atoms with Crippen molar-refractivity contribution >= 4 is 5.95 Å². The van der Waals surface area contributed by atoms with Crippen LogP contribution in [0.1, 0.15) is 12.1 Å². The first-order valence-electron chi connectivity index (χ1n) is 4.71. The SMILES string of the molecule is Cc1cnc(NC2CCN(C)C2)[nH]1. The lowest BCUT2D eigenvalue weighted by atomic mass is 10.3. The highest BCUT2D eigenvalue weighted by atomic mass is 15.2. The molecule has 0 spiro atoms. The van der Waals surface area contributed by atoms with Crippen molar-refractivity contribution < 1.29 is 0 Å². The molecule has 4 heteroatoms. The number of aromatic amines is 1. The Hall–Kier alpha value is -1.03. The van der Waals surface area contributed by atoms with Gasteiger partial charge in [-0.3, -0.25) is 0 Å². The van der Waals surface area contributed by atoms with Crippen molar-refractivity contribution in [3.63, 3.8) is 0 Å². The van der Waals surface area contributed by atoms with Crippen LogP contribution in [0.3, 0.4) is 0 Å². The predicted molar refractivity (Wildman–Crippen MR) is 52.8 cm³/mol. The summed E-state index contributed by atoms with van der Waals surface area (Å²) in [5.41, 5.74) is 1.11. The van der Waals surface area contributed by atoms with Gasteiger partial charge in [-0.05, 0) is 26.9 Å². The van der Waals surface area contributed by atoms with Crippen LogP contribution in [0.25, 0.3) is 0 Å². The maximum Gasteiger partial charge on any atom is 0.200 e. The molecule has 1 saturated heterocycles. The van der Waals surface area contributed by atoms with Gasteiger partial charge in [0.25, 0.3) is 0 Å². The minimum atomic E-state index is 0.551. The van der Waals surface area contributed by atoms with Gasteiger partial charge in [0.15, 0.2) is 0 Å². The molecule has 0 radical (unpaired) electrons. The van der Waals surface area contributed by atoms with Gasteiger partial charge in [0.1, 0.15) is 0 Å². The summed E-state index contributed by atoms with van der Waals surface area (Å²) in [6.07, 6.45) is 3.05. The Balaban J connectivity index is 1.91. The third-order valence-corrected chi connectivity index (χ3v) is 2.44. The second kappa shape index (κ2) is 3.38. The van der Waals surface area contributed by atoms with E-state index in [-0.39, 0.29) is 0 Å². The number of hydrogen-bond acceptors (Lipinski definition) is 3. The zero-order chi connectivity index (χ0) is 9.26. The van der Waals surface area contributed by atoms with E-state index < -0.39 is 0 Å². The Morgan fingerprint density at radius 2 is 2.54 bits per heavy atom. The van der Waals surface area contributed by atoms with E-state index >= 15 is 0 Å². The fraction of sp³-hybridized carbons (Fsp3) is 0.667. The highest BCUT2D eigenvalue weighted by Crippen LogP contribution is 2.11. The van der Waals surface area contributed by atoms with Crippen molar-refractivity contribution in [1.82, 2.24) is 14.9 Å². The molecule has 0 aliphatic carbocycles. The van der Waals surface area contributed by atoms with Crippen molar-refractivity contribution in [2.75, 3.05) is 25.5 Å². The lowest BCUT2D eigenvalue weighted by Gasteiger charge is -2.11. The Morgan fingerprint density at radius 1 is 1.69 bits per heavy atom. The average Bonchev–Trinajstić information content (AvgIpc) is 2.62. The second-order valence-electron chi connectivity index (χ2n) is 3.81. The van der Waals surface area contributed by atoms with E-state index in [1.54, 1.807) is 0 Å². The molecule has 1 unspecified atom stereocenters. The number of nitrogens with zero attached hydrogens (tertiary/aromatic N) is 2. The van der Waals surface area contributed by atoms with Crippen LogP contribution in [0.4, 0.5) is 5.95 Å². The molecular formula is C9H16N4. The lowest BCUT2D eigenvalue weighted by molar-refractivity contribution is 0.414. The topological polar surface area (TPSA) is 44.0 Å². The van der Waals surface area contributed by atoms with Crippen molar-refractivity contribution in [3.8, 4) is 0 Å². The first-order valence-corrected chi connectivity index (χ1v) is 4.71. The van der Waals surface area contributed by atoms with Gasteiger partial charge in [-0.2, -0.15) is 0 Å². The summed E-state index contributed by atoms with van der Waals surface area (Å²) in [5.74, 6) is 0.901. The van der Waals surface area contributed by atoms with Gasteiger partial charge in [-0.25, -0.2) is 4.98 Å². The van der Waals surface area contributed by atoms with Crippen LogP contribution in [-0.2, 0) is 0 Å². The number of likely N-dealkylation sites (tertiary alicyclic amines) is 1. The number of aromatic nitrogens is 2. The maximum atomic E-state index is 4.22. The van der Waals surface area contributed by atoms with Crippen LogP contribution in [0, 0.1) is 6.92 Å². The smallest absolute Gasteiger partial charge is 0.200 e. The van der Waals surface area contributed by atoms with Crippen LogP contribution in [-0.4, -0.2) is 41.0 Å². The molecule has 13 heavy (non-hydrogen) atoms. The van der Waals surface area contributed by atoms with Gasteiger partial charge in [0.2, 0.25) is 5.95 Å². The van der Waals surface area contributed by atoms with Gasteiger partial charge >= 0.3 is 0 Å². The van der Waals surface area contributed by atoms with Gasteiger partial charge in [-0.15, -0.1) is 0 Å². The van der Waals surface area contributed by atoms with E-state index in [0.29, 0.717) is 6.04 Å². The molecular weight excluding hydrogens is 164 g/mol. The zero-order valence-corrected chi connectivity index (χ0v) is 8.17. The van der Waals surface area contributed by atoms with Crippen molar-refractivity contribution in [1.29, 1.82) is 0 Å². The standard InChI is InChI=1S/C9H16N4/c1-7-5-10-9(11-7)12-8-3-4-13(2)6-8/h5,8H,3-4,6H2,1-2H3,(H2,10,11,12). The summed E-state index contributed by atoms with van der Waals surface area (Å²) < 4.78 is 0. The van der Waals surface area contributed by atoms with E-state index in [1.165, 1.54) is 13.0 Å². The van der Waals surface area contributed by atoms with Crippen LogP contribution in [0.15, 0.2) is 6.20 Å². The Kier molecular flexibility index (Phi) is 2.22. The number of imidazole rings is 1. The molecule has 2 N–H and O–H groups in total. The summed E-state index contributed by atoms with van der Waals surface area (Å²) >= 11 is 0. The van der Waals surface area contributed by atoms with Gasteiger partial charge < -0.3 is 15.2 Å².